The largest absolute Gasteiger partial charge is 0.371 e. The standard InChI is InChI=1S/C16H27N3/c1-12(2)14-5-7-19(8-6-14)16-9-13(3)18-11-15(16)10-17-4/h9,11-12,14,17H,5-8,10H2,1-4H3. The van der Waals surface area contributed by atoms with Crippen molar-refractivity contribution >= 4 is 5.69 Å². The molecule has 3 heteroatoms. The molecule has 1 aromatic rings. The molecule has 1 N–H and O–H groups in total. The number of nitrogens with zero attached hydrogens (tertiary/aromatic N) is 2. The van der Waals surface area contributed by atoms with Gasteiger partial charge in [0.05, 0.1) is 0 Å². The molecule has 19 heavy (non-hydrogen) atoms. The molecule has 2 rings (SSSR count). The molecule has 1 aliphatic rings. The molecular formula is C16H27N3. The van der Waals surface area contributed by atoms with Gasteiger partial charge in [0.1, 0.15) is 0 Å². The van der Waals surface area contributed by atoms with Gasteiger partial charge in [-0.1, -0.05) is 13.8 Å². The molecule has 0 bridgehead atoms. The van der Waals surface area contributed by atoms with Crippen LogP contribution in [0.4, 0.5) is 5.69 Å². The Bertz CT molecular complexity index is 406. The summed E-state index contributed by atoms with van der Waals surface area (Å²) >= 11 is 0. The highest BCUT2D eigenvalue weighted by atomic mass is 15.1. The van der Waals surface area contributed by atoms with E-state index in [0.29, 0.717) is 0 Å². The van der Waals surface area contributed by atoms with Gasteiger partial charge in [-0.15, -0.1) is 0 Å². The van der Waals surface area contributed by atoms with E-state index in [1.807, 2.05) is 13.2 Å². The highest BCUT2D eigenvalue weighted by Crippen LogP contribution is 2.29. The first kappa shape index (κ1) is 14.3. The molecule has 1 aromatic heterocycles. The Hall–Kier alpha value is -1.09. The molecule has 0 spiro atoms. The maximum absolute atomic E-state index is 4.43. The Morgan fingerprint density at radius 2 is 2.05 bits per heavy atom. The fourth-order valence-corrected chi connectivity index (χ4v) is 3.00. The van der Waals surface area contributed by atoms with Crippen molar-refractivity contribution in [3.63, 3.8) is 0 Å². The monoisotopic (exact) mass is 261 g/mol. The summed E-state index contributed by atoms with van der Waals surface area (Å²) in [6.07, 6.45) is 4.66. The van der Waals surface area contributed by atoms with Crippen LogP contribution in [0.2, 0.25) is 0 Å². The maximum Gasteiger partial charge on any atom is 0.0445 e. The van der Waals surface area contributed by atoms with Crippen LogP contribution in [-0.4, -0.2) is 25.1 Å². The lowest BCUT2D eigenvalue weighted by molar-refractivity contribution is 0.311. The zero-order valence-electron chi connectivity index (χ0n) is 12.7. The third-order valence-electron chi connectivity index (χ3n) is 4.29. The molecule has 1 saturated heterocycles. The molecule has 0 amide bonds. The second-order valence-electron chi connectivity index (χ2n) is 6.05. The average Bonchev–Trinajstić information content (AvgIpc) is 2.41. The summed E-state index contributed by atoms with van der Waals surface area (Å²) < 4.78 is 0. The molecule has 0 atom stereocenters. The van der Waals surface area contributed by atoms with E-state index in [1.165, 1.54) is 37.2 Å². The van der Waals surface area contributed by atoms with Gasteiger partial charge in [-0.05, 0) is 44.7 Å². The normalized spacial score (nSPS) is 17.2. The van der Waals surface area contributed by atoms with Crippen molar-refractivity contribution in [2.45, 2.75) is 40.2 Å². The molecule has 0 saturated carbocycles. The molecule has 3 nitrogen and oxygen atoms in total. The van der Waals surface area contributed by atoms with Crippen LogP contribution < -0.4 is 10.2 Å². The van der Waals surface area contributed by atoms with Crippen LogP contribution in [0.5, 0.6) is 0 Å². The fraction of sp³-hybridized carbons (Fsp3) is 0.688. The molecule has 106 valence electrons. The van der Waals surface area contributed by atoms with Crippen LogP contribution in [0.1, 0.15) is 37.9 Å². The van der Waals surface area contributed by atoms with E-state index in [2.05, 4.69) is 42.0 Å². The maximum atomic E-state index is 4.43. The van der Waals surface area contributed by atoms with Crippen molar-refractivity contribution in [2.24, 2.45) is 11.8 Å². The Morgan fingerprint density at radius 1 is 1.37 bits per heavy atom. The first-order chi connectivity index (χ1) is 9.11. The lowest BCUT2D eigenvalue weighted by Gasteiger charge is -2.36. The summed E-state index contributed by atoms with van der Waals surface area (Å²) in [6, 6.07) is 2.24. The molecule has 0 aliphatic carbocycles. The van der Waals surface area contributed by atoms with Crippen molar-refractivity contribution in [3.05, 3.63) is 23.5 Å². The Kier molecular flexibility index (Phi) is 4.81. The van der Waals surface area contributed by atoms with Gasteiger partial charge in [0, 0.05) is 42.8 Å². The van der Waals surface area contributed by atoms with Crippen molar-refractivity contribution in [1.29, 1.82) is 0 Å². The van der Waals surface area contributed by atoms with E-state index in [0.717, 1.165) is 24.1 Å². The number of pyridine rings is 1. The van der Waals surface area contributed by atoms with E-state index >= 15 is 0 Å². The third kappa shape index (κ3) is 3.47. The molecule has 2 heterocycles. The van der Waals surface area contributed by atoms with Crippen LogP contribution >= 0.6 is 0 Å². The molecular weight excluding hydrogens is 234 g/mol. The fourth-order valence-electron chi connectivity index (χ4n) is 3.00. The summed E-state index contributed by atoms with van der Waals surface area (Å²) in [4.78, 5) is 6.97. The second kappa shape index (κ2) is 6.38. The molecule has 0 aromatic carbocycles. The number of aryl methyl sites for hydroxylation is 1. The predicted octanol–water partition coefficient (Wildman–Crippen LogP) is 2.98. The van der Waals surface area contributed by atoms with Crippen molar-refractivity contribution in [3.8, 4) is 0 Å². The molecule has 0 radical (unpaired) electrons. The van der Waals surface area contributed by atoms with Gasteiger partial charge in [-0.25, -0.2) is 0 Å². The molecule has 1 fully saturated rings. The first-order valence-electron chi connectivity index (χ1n) is 7.47. The zero-order valence-corrected chi connectivity index (χ0v) is 12.7. The minimum absolute atomic E-state index is 0.818. The van der Waals surface area contributed by atoms with Crippen molar-refractivity contribution < 1.29 is 0 Å². The Morgan fingerprint density at radius 3 is 2.63 bits per heavy atom. The smallest absolute Gasteiger partial charge is 0.0445 e. The van der Waals surface area contributed by atoms with E-state index in [9.17, 15) is 0 Å². The van der Waals surface area contributed by atoms with Crippen LogP contribution in [0, 0.1) is 18.8 Å². The highest BCUT2D eigenvalue weighted by Gasteiger charge is 2.23. The Labute approximate surface area is 117 Å². The summed E-state index contributed by atoms with van der Waals surface area (Å²) in [5.41, 5.74) is 3.81. The first-order valence-corrected chi connectivity index (χ1v) is 7.47. The minimum Gasteiger partial charge on any atom is -0.371 e. The van der Waals surface area contributed by atoms with Crippen LogP contribution in [-0.2, 0) is 6.54 Å². The summed E-state index contributed by atoms with van der Waals surface area (Å²) in [5, 5.41) is 3.24. The summed E-state index contributed by atoms with van der Waals surface area (Å²) in [7, 11) is 1.99. The Balaban J connectivity index is 2.12. The van der Waals surface area contributed by atoms with Crippen LogP contribution in [0.3, 0.4) is 0 Å². The van der Waals surface area contributed by atoms with Gasteiger partial charge in [0.25, 0.3) is 0 Å². The molecule has 0 unspecified atom stereocenters. The van der Waals surface area contributed by atoms with Crippen molar-refractivity contribution in [1.82, 2.24) is 10.3 Å². The van der Waals surface area contributed by atoms with E-state index in [-0.39, 0.29) is 0 Å². The summed E-state index contributed by atoms with van der Waals surface area (Å²) in [6.45, 7) is 10.0. The number of hydrogen-bond acceptors (Lipinski definition) is 3. The molecule has 1 aliphatic heterocycles. The number of rotatable bonds is 4. The summed E-state index contributed by atoms with van der Waals surface area (Å²) in [5.74, 6) is 1.71. The van der Waals surface area contributed by atoms with E-state index < -0.39 is 0 Å². The topological polar surface area (TPSA) is 28.2 Å². The average molecular weight is 261 g/mol. The van der Waals surface area contributed by atoms with Gasteiger partial charge in [-0.3, -0.25) is 4.98 Å². The van der Waals surface area contributed by atoms with Gasteiger partial charge in [-0.2, -0.15) is 0 Å². The number of nitrogens with one attached hydrogen (secondary N) is 1. The quantitative estimate of drug-likeness (QED) is 0.903. The van der Waals surface area contributed by atoms with E-state index in [4.69, 9.17) is 0 Å². The lowest BCUT2D eigenvalue weighted by Crippen LogP contribution is -2.36. The SMILES string of the molecule is CNCc1cnc(C)cc1N1CCC(C(C)C)CC1. The highest BCUT2D eigenvalue weighted by molar-refractivity contribution is 5.54. The van der Waals surface area contributed by atoms with Gasteiger partial charge in [0.2, 0.25) is 0 Å². The second-order valence-corrected chi connectivity index (χ2v) is 6.05. The zero-order chi connectivity index (χ0) is 13.8. The van der Waals surface area contributed by atoms with Gasteiger partial charge >= 0.3 is 0 Å². The third-order valence-corrected chi connectivity index (χ3v) is 4.29. The number of anilines is 1. The number of hydrogen-bond donors (Lipinski definition) is 1. The van der Waals surface area contributed by atoms with Crippen LogP contribution in [0.25, 0.3) is 0 Å². The lowest BCUT2D eigenvalue weighted by atomic mass is 9.86. The van der Waals surface area contributed by atoms with Gasteiger partial charge < -0.3 is 10.2 Å². The van der Waals surface area contributed by atoms with Gasteiger partial charge in [0.15, 0.2) is 0 Å². The predicted molar refractivity (Wildman–Crippen MR) is 81.5 cm³/mol. The van der Waals surface area contributed by atoms with Crippen LogP contribution in [0.15, 0.2) is 12.3 Å². The number of piperidine rings is 1. The van der Waals surface area contributed by atoms with Crippen molar-refractivity contribution in [2.75, 3.05) is 25.0 Å². The minimum atomic E-state index is 0.818. The van der Waals surface area contributed by atoms with E-state index in [1.54, 1.807) is 0 Å². The number of aromatic nitrogens is 1.